The summed E-state index contributed by atoms with van der Waals surface area (Å²) in [7, 11) is 0. The van der Waals surface area contributed by atoms with Gasteiger partial charge in [0.2, 0.25) is 0 Å². The Bertz CT molecular complexity index is 538. The van der Waals surface area contributed by atoms with Gasteiger partial charge in [0.15, 0.2) is 0 Å². The number of nitrogens with zero attached hydrogens (tertiary/aromatic N) is 2. The fourth-order valence-corrected chi connectivity index (χ4v) is 2.39. The van der Waals surface area contributed by atoms with E-state index in [1.54, 1.807) is 18.3 Å². The van der Waals surface area contributed by atoms with Crippen LogP contribution >= 0.6 is 11.8 Å². The lowest BCUT2D eigenvalue weighted by Crippen LogP contribution is -2.30. The van der Waals surface area contributed by atoms with Crippen LogP contribution in [-0.2, 0) is 13.1 Å². The van der Waals surface area contributed by atoms with Crippen LogP contribution in [0, 0.1) is 0 Å². The van der Waals surface area contributed by atoms with Crippen LogP contribution in [0.25, 0.3) is 0 Å². The molecule has 2 rings (SSSR count). The number of halogens is 3. The van der Waals surface area contributed by atoms with Gasteiger partial charge in [0.05, 0.1) is 6.54 Å². The first kappa shape index (κ1) is 15.9. The fourth-order valence-electron chi connectivity index (χ4n) is 1.85. The van der Waals surface area contributed by atoms with Crippen molar-refractivity contribution in [3.05, 3.63) is 48.3 Å². The average Bonchev–Trinajstić information content (AvgIpc) is 2.89. The molecule has 0 saturated carbocycles. The highest BCUT2D eigenvalue weighted by atomic mass is 32.2. The van der Waals surface area contributed by atoms with Crippen LogP contribution < -0.4 is 5.32 Å². The molecule has 1 heterocycles. The van der Waals surface area contributed by atoms with E-state index in [0.717, 1.165) is 12.1 Å². The van der Waals surface area contributed by atoms with Crippen LogP contribution in [-0.4, -0.2) is 21.3 Å². The van der Waals surface area contributed by atoms with Gasteiger partial charge in [-0.1, -0.05) is 12.1 Å². The van der Waals surface area contributed by atoms with Gasteiger partial charge < -0.3 is 5.32 Å². The topological polar surface area (TPSA) is 29.9 Å². The van der Waals surface area contributed by atoms with Gasteiger partial charge in [0.1, 0.15) is 0 Å². The van der Waals surface area contributed by atoms with Crippen molar-refractivity contribution in [1.29, 1.82) is 0 Å². The molecule has 21 heavy (non-hydrogen) atoms. The number of hydrogen-bond acceptors (Lipinski definition) is 3. The number of rotatable bonds is 6. The van der Waals surface area contributed by atoms with E-state index in [2.05, 4.69) is 10.4 Å². The first-order valence-corrected chi connectivity index (χ1v) is 7.29. The predicted octanol–water partition coefficient (Wildman–Crippen LogP) is 3.67. The van der Waals surface area contributed by atoms with Gasteiger partial charge in [0, 0.05) is 29.9 Å². The van der Waals surface area contributed by atoms with Crippen LogP contribution in [0.3, 0.4) is 0 Å². The SMILES string of the molecule is CC(Cn1cccn1)NCc1ccc(SC(F)(F)F)cc1. The first-order valence-electron chi connectivity index (χ1n) is 6.48. The van der Waals surface area contributed by atoms with E-state index in [0.29, 0.717) is 6.54 Å². The molecular formula is C14H16F3N3S. The number of benzene rings is 1. The van der Waals surface area contributed by atoms with E-state index in [4.69, 9.17) is 0 Å². The second-order valence-electron chi connectivity index (χ2n) is 4.70. The summed E-state index contributed by atoms with van der Waals surface area (Å²) in [5, 5.41) is 7.44. The van der Waals surface area contributed by atoms with E-state index in [-0.39, 0.29) is 22.7 Å². The smallest absolute Gasteiger partial charge is 0.308 e. The van der Waals surface area contributed by atoms with Gasteiger partial charge in [-0.15, -0.1) is 0 Å². The normalized spacial score (nSPS) is 13.3. The van der Waals surface area contributed by atoms with Crippen LogP contribution in [0.5, 0.6) is 0 Å². The second-order valence-corrected chi connectivity index (χ2v) is 5.84. The lowest BCUT2D eigenvalue weighted by Gasteiger charge is -2.14. The number of alkyl halides is 3. The molecule has 1 unspecified atom stereocenters. The van der Waals surface area contributed by atoms with Crippen LogP contribution in [0.1, 0.15) is 12.5 Å². The Morgan fingerprint density at radius 3 is 2.57 bits per heavy atom. The number of hydrogen-bond donors (Lipinski definition) is 1. The third-order valence-electron chi connectivity index (χ3n) is 2.83. The fraction of sp³-hybridized carbons (Fsp3) is 0.357. The molecule has 1 N–H and O–H groups in total. The Morgan fingerprint density at radius 1 is 1.29 bits per heavy atom. The minimum absolute atomic E-state index is 0.0954. The number of nitrogens with one attached hydrogen (secondary N) is 1. The largest absolute Gasteiger partial charge is 0.446 e. The minimum Gasteiger partial charge on any atom is -0.308 e. The molecule has 1 aromatic carbocycles. The summed E-state index contributed by atoms with van der Waals surface area (Å²) < 4.78 is 38.5. The number of aromatic nitrogens is 2. The molecule has 0 bridgehead atoms. The van der Waals surface area contributed by atoms with Gasteiger partial charge in [-0.05, 0) is 42.4 Å². The quantitative estimate of drug-likeness (QED) is 0.825. The molecule has 2 aromatic rings. The van der Waals surface area contributed by atoms with Gasteiger partial charge in [-0.2, -0.15) is 18.3 Å². The summed E-state index contributed by atoms with van der Waals surface area (Å²) in [4.78, 5) is 0.204. The van der Waals surface area contributed by atoms with E-state index in [1.807, 2.05) is 23.9 Å². The zero-order valence-electron chi connectivity index (χ0n) is 11.5. The van der Waals surface area contributed by atoms with Crippen molar-refractivity contribution in [1.82, 2.24) is 15.1 Å². The van der Waals surface area contributed by atoms with Gasteiger partial charge in [0.25, 0.3) is 0 Å². The Kier molecular flexibility index (Phi) is 5.30. The van der Waals surface area contributed by atoms with Crippen LogP contribution in [0.4, 0.5) is 13.2 Å². The first-order chi connectivity index (χ1) is 9.92. The van der Waals surface area contributed by atoms with Crippen molar-refractivity contribution in [3.8, 4) is 0 Å². The summed E-state index contributed by atoms with van der Waals surface area (Å²) >= 11 is -0.0954. The van der Waals surface area contributed by atoms with Crippen molar-refractivity contribution in [2.45, 2.75) is 36.5 Å². The summed E-state index contributed by atoms with van der Waals surface area (Å²) in [6.45, 7) is 3.39. The molecule has 0 spiro atoms. The monoisotopic (exact) mass is 315 g/mol. The molecule has 114 valence electrons. The highest BCUT2D eigenvalue weighted by Crippen LogP contribution is 2.36. The average molecular weight is 315 g/mol. The zero-order valence-corrected chi connectivity index (χ0v) is 12.3. The molecule has 0 amide bonds. The Morgan fingerprint density at radius 2 is 2.00 bits per heavy atom. The van der Waals surface area contributed by atoms with Gasteiger partial charge >= 0.3 is 5.51 Å². The summed E-state index contributed by atoms with van der Waals surface area (Å²) in [6, 6.07) is 8.49. The summed E-state index contributed by atoms with van der Waals surface area (Å²) in [5.41, 5.74) is -3.29. The Labute approximate surface area is 125 Å². The van der Waals surface area contributed by atoms with Crippen molar-refractivity contribution < 1.29 is 13.2 Å². The van der Waals surface area contributed by atoms with E-state index < -0.39 is 5.51 Å². The molecule has 0 aliphatic heterocycles. The lowest BCUT2D eigenvalue weighted by atomic mass is 10.2. The molecule has 0 aliphatic rings. The molecule has 0 radical (unpaired) electrons. The summed E-state index contributed by atoms with van der Waals surface area (Å²) in [6.07, 6.45) is 3.62. The van der Waals surface area contributed by atoms with Gasteiger partial charge in [-0.25, -0.2) is 0 Å². The van der Waals surface area contributed by atoms with Crippen LogP contribution in [0.2, 0.25) is 0 Å². The Balaban J connectivity index is 1.80. The lowest BCUT2D eigenvalue weighted by molar-refractivity contribution is -0.0328. The molecule has 0 aliphatic carbocycles. The van der Waals surface area contributed by atoms with Crippen molar-refractivity contribution >= 4 is 11.8 Å². The molecule has 0 fully saturated rings. The minimum atomic E-state index is -4.24. The van der Waals surface area contributed by atoms with Crippen molar-refractivity contribution in [3.63, 3.8) is 0 Å². The molecule has 3 nitrogen and oxygen atoms in total. The standard InChI is InChI=1S/C14H16F3N3S/c1-11(10-20-8-2-7-19-20)18-9-12-3-5-13(6-4-12)21-14(15,16)17/h2-8,11,18H,9-10H2,1H3. The number of thioether (sulfide) groups is 1. The predicted molar refractivity (Wildman–Crippen MR) is 76.9 cm³/mol. The Hall–Kier alpha value is -1.47. The van der Waals surface area contributed by atoms with Crippen LogP contribution in [0.15, 0.2) is 47.6 Å². The second kappa shape index (κ2) is 7.00. The third kappa shape index (κ3) is 5.81. The van der Waals surface area contributed by atoms with Gasteiger partial charge in [-0.3, -0.25) is 4.68 Å². The van der Waals surface area contributed by atoms with E-state index in [1.165, 1.54) is 12.1 Å². The van der Waals surface area contributed by atoms with E-state index >= 15 is 0 Å². The third-order valence-corrected chi connectivity index (χ3v) is 3.57. The highest BCUT2D eigenvalue weighted by Gasteiger charge is 2.28. The summed E-state index contributed by atoms with van der Waals surface area (Å²) in [5.74, 6) is 0. The maximum atomic E-state index is 12.2. The zero-order chi connectivity index (χ0) is 15.3. The van der Waals surface area contributed by atoms with Crippen molar-refractivity contribution in [2.75, 3.05) is 0 Å². The maximum absolute atomic E-state index is 12.2. The molecule has 0 saturated heterocycles. The molecular weight excluding hydrogens is 299 g/mol. The highest BCUT2D eigenvalue weighted by molar-refractivity contribution is 8.00. The molecule has 1 aromatic heterocycles. The van der Waals surface area contributed by atoms with Crippen molar-refractivity contribution in [2.24, 2.45) is 0 Å². The molecule has 1 atom stereocenters. The van der Waals surface area contributed by atoms with E-state index in [9.17, 15) is 13.2 Å². The molecule has 7 heteroatoms. The maximum Gasteiger partial charge on any atom is 0.446 e.